The van der Waals surface area contributed by atoms with Gasteiger partial charge in [-0.05, 0) is 0 Å². The van der Waals surface area contributed by atoms with E-state index in [9.17, 15) is 19.6 Å². The van der Waals surface area contributed by atoms with Crippen LogP contribution in [0.2, 0.25) is 0 Å². The number of carboxylic acids is 1. The number of carboxylic acid groups (broad SMARTS) is 1. The van der Waals surface area contributed by atoms with Gasteiger partial charge in [0.15, 0.2) is 11.9 Å². The highest BCUT2D eigenvalue weighted by Gasteiger charge is 2.45. The highest BCUT2D eigenvalue weighted by Crippen LogP contribution is 2.38. The van der Waals surface area contributed by atoms with Gasteiger partial charge in [0, 0.05) is 0 Å². The van der Waals surface area contributed by atoms with Crippen molar-refractivity contribution < 1.29 is 43.7 Å². The molecule has 13 heteroatoms. The quantitative estimate of drug-likeness (QED) is 0.367. The monoisotopic (exact) mass is 325 g/mol. The Bertz CT molecular complexity index is 571. The van der Waals surface area contributed by atoms with Gasteiger partial charge in [-0.15, -0.1) is 5.10 Å². The van der Waals surface area contributed by atoms with Crippen molar-refractivity contribution in [1.82, 2.24) is 15.0 Å². The average Bonchev–Trinajstić information content (AvgIpc) is 2.94. The molecule has 0 saturated carbocycles. The number of phosphoric ester groups is 1. The summed E-state index contributed by atoms with van der Waals surface area (Å²) in [4.78, 5) is 27.8. The molecule has 12 nitrogen and oxygen atoms in total. The van der Waals surface area contributed by atoms with Gasteiger partial charge in [0.25, 0.3) is 0 Å². The number of nitrogens with zero attached hydrogens (tertiary/aromatic N) is 3. The molecule has 1 saturated heterocycles. The molecular formula is C8H12N3O9P. The number of aromatic nitrogens is 3. The normalized spacial score (nSPS) is 29.7. The van der Waals surface area contributed by atoms with Crippen molar-refractivity contribution in [2.45, 2.75) is 24.5 Å². The van der Waals surface area contributed by atoms with Crippen LogP contribution in [0.3, 0.4) is 0 Å². The Kier molecular flexibility index (Phi) is 4.39. The Morgan fingerprint density at radius 3 is 2.62 bits per heavy atom. The molecule has 1 aliphatic heterocycles. The molecule has 4 atom stereocenters. The summed E-state index contributed by atoms with van der Waals surface area (Å²) in [6, 6.07) is 0. The molecule has 1 aliphatic rings. The number of aromatic carboxylic acids is 1. The van der Waals surface area contributed by atoms with E-state index in [0.717, 1.165) is 10.9 Å². The predicted molar refractivity (Wildman–Crippen MR) is 60.9 cm³/mol. The maximum Gasteiger partial charge on any atom is 0.469 e. The van der Waals surface area contributed by atoms with Crippen LogP contribution in [0.15, 0.2) is 6.20 Å². The van der Waals surface area contributed by atoms with Crippen molar-refractivity contribution in [3.63, 3.8) is 0 Å². The number of phosphoric acid groups is 1. The molecular weight excluding hydrogens is 313 g/mol. The number of hydrogen-bond donors (Lipinski definition) is 5. The number of carbonyl (C=O) groups is 1. The Labute approximate surface area is 116 Å². The molecule has 0 spiro atoms. The number of aliphatic hydroxyl groups excluding tert-OH is 2. The van der Waals surface area contributed by atoms with Gasteiger partial charge in [-0.2, -0.15) is 0 Å². The van der Waals surface area contributed by atoms with E-state index in [1.54, 1.807) is 0 Å². The first-order valence-corrected chi connectivity index (χ1v) is 7.09. The lowest BCUT2D eigenvalue weighted by molar-refractivity contribution is -0.0586. The summed E-state index contributed by atoms with van der Waals surface area (Å²) in [7, 11) is -4.75. The fourth-order valence-corrected chi connectivity index (χ4v) is 2.10. The Hall–Kier alpha value is -1.40. The zero-order valence-electron chi connectivity index (χ0n) is 10.3. The first-order chi connectivity index (χ1) is 9.69. The molecule has 1 aromatic heterocycles. The number of aliphatic hydroxyl groups is 2. The van der Waals surface area contributed by atoms with Crippen LogP contribution in [0, 0.1) is 0 Å². The van der Waals surface area contributed by atoms with Crippen LogP contribution in [0.1, 0.15) is 16.7 Å². The third-order valence-corrected chi connectivity index (χ3v) is 3.22. The first kappa shape index (κ1) is 16.0. The second-order valence-corrected chi connectivity index (χ2v) is 5.46. The summed E-state index contributed by atoms with van der Waals surface area (Å²) in [6.45, 7) is -0.667. The van der Waals surface area contributed by atoms with Gasteiger partial charge in [-0.3, -0.25) is 4.52 Å². The van der Waals surface area contributed by atoms with Crippen molar-refractivity contribution in [2.75, 3.05) is 6.61 Å². The summed E-state index contributed by atoms with van der Waals surface area (Å²) in [5.41, 5.74) is -0.393. The molecule has 2 heterocycles. The Balaban J connectivity index is 2.08. The molecule has 0 bridgehead atoms. The van der Waals surface area contributed by atoms with E-state index >= 15 is 0 Å². The SMILES string of the molecule is O=C(O)c1cn([C@@H]2O[C@H](COP(=O)(O)O)[C@@H](O)[C@H]2O)nn1. The summed E-state index contributed by atoms with van der Waals surface area (Å²) < 4.78 is 20.8. The minimum absolute atomic E-state index is 0.393. The second-order valence-electron chi connectivity index (χ2n) is 4.22. The lowest BCUT2D eigenvalue weighted by Crippen LogP contribution is -2.33. The summed E-state index contributed by atoms with van der Waals surface area (Å²) in [5, 5.41) is 35.0. The van der Waals surface area contributed by atoms with Crippen LogP contribution in [-0.2, 0) is 13.8 Å². The van der Waals surface area contributed by atoms with E-state index in [1.165, 1.54) is 0 Å². The summed E-state index contributed by atoms with van der Waals surface area (Å²) >= 11 is 0. The molecule has 0 amide bonds. The van der Waals surface area contributed by atoms with Crippen LogP contribution in [0.25, 0.3) is 0 Å². The lowest BCUT2D eigenvalue weighted by atomic mass is 10.1. The Morgan fingerprint density at radius 1 is 1.43 bits per heavy atom. The van der Waals surface area contributed by atoms with Crippen LogP contribution in [0.5, 0.6) is 0 Å². The van der Waals surface area contributed by atoms with E-state index in [4.69, 9.17) is 19.6 Å². The van der Waals surface area contributed by atoms with Crippen molar-refractivity contribution in [1.29, 1.82) is 0 Å². The highest BCUT2D eigenvalue weighted by atomic mass is 31.2. The van der Waals surface area contributed by atoms with Gasteiger partial charge < -0.3 is 29.8 Å². The van der Waals surface area contributed by atoms with Crippen LogP contribution < -0.4 is 0 Å². The van der Waals surface area contributed by atoms with Gasteiger partial charge >= 0.3 is 13.8 Å². The highest BCUT2D eigenvalue weighted by molar-refractivity contribution is 7.46. The summed E-state index contributed by atoms with van der Waals surface area (Å²) in [6.07, 6.45) is -4.51. The maximum atomic E-state index is 10.7. The van der Waals surface area contributed by atoms with Crippen molar-refractivity contribution >= 4 is 13.8 Å². The maximum absolute atomic E-state index is 10.7. The molecule has 0 aliphatic carbocycles. The Morgan fingerprint density at radius 2 is 2.10 bits per heavy atom. The minimum Gasteiger partial charge on any atom is -0.476 e. The van der Waals surface area contributed by atoms with E-state index in [-0.39, 0.29) is 0 Å². The zero-order valence-corrected chi connectivity index (χ0v) is 11.1. The van der Waals surface area contributed by atoms with Crippen molar-refractivity contribution in [3.05, 3.63) is 11.9 Å². The second kappa shape index (κ2) is 5.77. The van der Waals surface area contributed by atoms with Crippen molar-refractivity contribution in [2.24, 2.45) is 0 Å². The van der Waals surface area contributed by atoms with Gasteiger partial charge in [-0.25, -0.2) is 14.0 Å². The molecule has 2 rings (SSSR count). The van der Waals surface area contributed by atoms with Gasteiger partial charge in [0.05, 0.1) is 12.8 Å². The molecule has 118 valence electrons. The van der Waals surface area contributed by atoms with Crippen LogP contribution in [0.4, 0.5) is 0 Å². The first-order valence-electron chi connectivity index (χ1n) is 5.56. The molecule has 21 heavy (non-hydrogen) atoms. The number of rotatable bonds is 5. The predicted octanol–water partition coefficient (Wildman–Crippen LogP) is -2.30. The van der Waals surface area contributed by atoms with Crippen LogP contribution in [-0.4, -0.2) is 71.0 Å². The van der Waals surface area contributed by atoms with Crippen LogP contribution >= 0.6 is 7.82 Å². The molecule has 0 radical (unpaired) electrons. The fraction of sp³-hybridized carbons (Fsp3) is 0.625. The average molecular weight is 325 g/mol. The third-order valence-electron chi connectivity index (χ3n) is 2.73. The zero-order chi connectivity index (χ0) is 15.8. The van der Waals surface area contributed by atoms with E-state index < -0.39 is 50.6 Å². The standard InChI is InChI=1S/C8H12N3O9P/c12-5-4(2-19-21(16,17)18)20-7(6(5)13)11-1-3(8(14)15)9-10-11/h1,4-7,12-13H,2H2,(H,14,15)(H2,16,17,18)/t4-,5-,6-,7-/m1/s1. The molecule has 1 aromatic rings. The minimum atomic E-state index is -4.75. The molecule has 0 aromatic carbocycles. The number of hydrogen-bond acceptors (Lipinski definition) is 8. The topological polar surface area (TPSA) is 184 Å². The third kappa shape index (κ3) is 3.63. The smallest absolute Gasteiger partial charge is 0.469 e. The van der Waals surface area contributed by atoms with Gasteiger partial charge in [-0.1, -0.05) is 5.21 Å². The fourth-order valence-electron chi connectivity index (χ4n) is 1.76. The van der Waals surface area contributed by atoms with E-state index in [1.807, 2.05) is 0 Å². The van der Waals surface area contributed by atoms with E-state index in [0.29, 0.717) is 0 Å². The van der Waals surface area contributed by atoms with Gasteiger partial charge in [0.1, 0.15) is 18.3 Å². The summed E-state index contributed by atoms with van der Waals surface area (Å²) in [5.74, 6) is -1.34. The van der Waals surface area contributed by atoms with Gasteiger partial charge in [0.2, 0.25) is 0 Å². The molecule has 0 unspecified atom stereocenters. The lowest BCUT2D eigenvalue weighted by Gasteiger charge is -2.14. The molecule has 1 fully saturated rings. The van der Waals surface area contributed by atoms with E-state index in [2.05, 4.69) is 14.8 Å². The van der Waals surface area contributed by atoms with Crippen molar-refractivity contribution in [3.8, 4) is 0 Å². The number of ether oxygens (including phenoxy) is 1. The largest absolute Gasteiger partial charge is 0.476 e. The molecule has 5 N–H and O–H groups in total.